The second-order valence-electron chi connectivity index (χ2n) is 6.95. The van der Waals surface area contributed by atoms with Gasteiger partial charge >= 0.3 is 6.09 Å². The molecule has 0 aliphatic heterocycles. The van der Waals surface area contributed by atoms with Crippen molar-refractivity contribution < 1.29 is 17.9 Å². The van der Waals surface area contributed by atoms with Gasteiger partial charge in [-0.05, 0) is 57.9 Å². The van der Waals surface area contributed by atoms with Gasteiger partial charge in [-0.1, -0.05) is 0 Å². The molecule has 0 saturated heterocycles. The van der Waals surface area contributed by atoms with E-state index in [1.807, 2.05) is 20.8 Å². The molecule has 1 aromatic carbocycles. The molecule has 1 fully saturated rings. The predicted octanol–water partition coefficient (Wildman–Crippen LogP) is 2.56. The second-order valence-corrected chi connectivity index (χ2v) is 8.97. The van der Waals surface area contributed by atoms with Crippen LogP contribution < -0.4 is 10.6 Å². The summed E-state index contributed by atoms with van der Waals surface area (Å²) in [6.45, 7) is 5.49. The van der Waals surface area contributed by atoms with Crippen LogP contribution in [0.3, 0.4) is 0 Å². The van der Waals surface area contributed by atoms with E-state index in [1.165, 1.54) is 6.26 Å². The molecule has 0 spiro atoms. The Labute approximate surface area is 137 Å². The molecule has 0 bridgehead atoms. The van der Waals surface area contributed by atoms with Crippen LogP contribution in [0.15, 0.2) is 29.2 Å². The topological polar surface area (TPSA) is 84.5 Å². The van der Waals surface area contributed by atoms with Crippen molar-refractivity contribution in [3.63, 3.8) is 0 Å². The Morgan fingerprint density at radius 2 is 1.70 bits per heavy atom. The van der Waals surface area contributed by atoms with Gasteiger partial charge in [0.25, 0.3) is 0 Å². The molecule has 0 radical (unpaired) electrons. The van der Waals surface area contributed by atoms with Crippen LogP contribution in [0.25, 0.3) is 0 Å². The van der Waals surface area contributed by atoms with E-state index in [1.54, 1.807) is 24.3 Å². The number of ether oxygens (including phenoxy) is 1. The minimum Gasteiger partial charge on any atom is -0.444 e. The summed E-state index contributed by atoms with van der Waals surface area (Å²) in [6, 6.07) is 7.06. The average molecular weight is 340 g/mol. The molecule has 1 aromatic rings. The third-order valence-corrected chi connectivity index (χ3v) is 4.64. The van der Waals surface area contributed by atoms with E-state index in [0.29, 0.717) is 4.90 Å². The summed E-state index contributed by atoms with van der Waals surface area (Å²) in [7, 11) is -3.17. The van der Waals surface area contributed by atoms with Gasteiger partial charge in [-0.2, -0.15) is 0 Å². The van der Waals surface area contributed by atoms with Crippen molar-refractivity contribution in [1.29, 1.82) is 0 Å². The Morgan fingerprint density at radius 1 is 1.13 bits per heavy atom. The first-order valence-electron chi connectivity index (χ1n) is 7.59. The molecular weight excluding hydrogens is 316 g/mol. The number of carbonyl (C=O) groups is 1. The zero-order valence-corrected chi connectivity index (χ0v) is 14.7. The van der Waals surface area contributed by atoms with Gasteiger partial charge in [0, 0.05) is 24.0 Å². The summed E-state index contributed by atoms with van der Waals surface area (Å²) in [4.78, 5) is 12.0. The average Bonchev–Trinajstić information content (AvgIpc) is 2.33. The molecule has 6 nitrogen and oxygen atoms in total. The Morgan fingerprint density at radius 3 is 2.17 bits per heavy atom. The Kier molecular flexibility index (Phi) is 4.89. The molecular formula is C16H24N2O4S. The van der Waals surface area contributed by atoms with E-state index in [9.17, 15) is 13.2 Å². The van der Waals surface area contributed by atoms with E-state index in [0.717, 1.165) is 18.5 Å². The van der Waals surface area contributed by atoms with Crippen LogP contribution in [-0.2, 0) is 14.6 Å². The fourth-order valence-corrected chi connectivity index (χ4v) is 2.99. The lowest BCUT2D eigenvalue weighted by molar-refractivity contribution is 0.0475. The van der Waals surface area contributed by atoms with Gasteiger partial charge < -0.3 is 15.4 Å². The van der Waals surface area contributed by atoms with Gasteiger partial charge in [-0.25, -0.2) is 13.2 Å². The number of hydrogen-bond acceptors (Lipinski definition) is 5. The third kappa shape index (κ3) is 5.42. The number of alkyl carbamates (subject to hydrolysis) is 1. The summed E-state index contributed by atoms with van der Waals surface area (Å²) >= 11 is 0. The lowest BCUT2D eigenvalue weighted by Crippen LogP contribution is -2.50. The molecule has 1 amide bonds. The summed E-state index contributed by atoms with van der Waals surface area (Å²) in [5.74, 6) is 0. The maximum atomic E-state index is 11.6. The van der Waals surface area contributed by atoms with Crippen molar-refractivity contribution in [3.05, 3.63) is 24.3 Å². The second kappa shape index (κ2) is 6.39. The quantitative estimate of drug-likeness (QED) is 0.880. The van der Waals surface area contributed by atoms with Crippen LogP contribution in [0, 0.1) is 0 Å². The largest absolute Gasteiger partial charge is 0.444 e. The summed E-state index contributed by atoms with van der Waals surface area (Å²) in [6.07, 6.45) is 2.42. The first-order valence-corrected chi connectivity index (χ1v) is 9.48. The minimum absolute atomic E-state index is 0.109. The number of carbonyl (C=O) groups excluding carboxylic acids is 1. The highest BCUT2D eigenvalue weighted by molar-refractivity contribution is 7.90. The van der Waals surface area contributed by atoms with Gasteiger partial charge in [0.2, 0.25) is 0 Å². The minimum atomic E-state index is -3.17. The summed E-state index contributed by atoms with van der Waals surface area (Å²) in [5.41, 5.74) is 0.380. The fourth-order valence-electron chi connectivity index (χ4n) is 2.36. The maximum absolute atomic E-state index is 11.6. The number of benzene rings is 1. The SMILES string of the molecule is CC(C)(C)OC(=O)NC1CC(Nc2ccc(S(C)(=O)=O)cc2)C1. The van der Waals surface area contributed by atoms with E-state index in [4.69, 9.17) is 4.74 Å². The van der Waals surface area contributed by atoms with Gasteiger partial charge in [-0.15, -0.1) is 0 Å². The van der Waals surface area contributed by atoms with Gasteiger partial charge in [0.15, 0.2) is 9.84 Å². The zero-order valence-electron chi connectivity index (χ0n) is 13.9. The van der Waals surface area contributed by atoms with Crippen LogP contribution in [0.5, 0.6) is 0 Å². The normalized spacial score (nSPS) is 21.2. The predicted molar refractivity (Wildman–Crippen MR) is 89.4 cm³/mol. The van der Waals surface area contributed by atoms with Gasteiger partial charge in [-0.3, -0.25) is 0 Å². The van der Waals surface area contributed by atoms with E-state index in [-0.39, 0.29) is 12.1 Å². The van der Waals surface area contributed by atoms with Gasteiger partial charge in [0.1, 0.15) is 5.60 Å². The molecule has 2 rings (SSSR count). The molecule has 7 heteroatoms. The number of hydrogen-bond donors (Lipinski definition) is 2. The molecule has 0 unspecified atom stereocenters. The van der Waals surface area contributed by atoms with Crippen LogP contribution in [0.1, 0.15) is 33.6 Å². The molecule has 0 aromatic heterocycles. The third-order valence-electron chi connectivity index (χ3n) is 3.51. The number of nitrogens with one attached hydrogen (secondary N) is 2. The Balaban J connectivity index is 1.77. The molecule has 0 heterocycles. The lowest BCUT2D eigenvalue weighted by Gasteiger charge is -2.37. The van der Waals surface area contributed by atoms with Crippen molar-refractivity contribution in [1.82, 2.24) is 5.32 Å². The number of rotatable bonds is 4. The van der Waals surface area contributed by atoms with Crippen molar-refractivity contribution in [3.8, 4) is 0 Å². The highest BCUT2D eigenvalue weighted by Gasteiger charge is 2.31. The van der Waals surface area contributed by atoms with Crippen molar-refractivity contribution >= 4 is 21.6 Å². The molecule has 0 atom stereocenters. The summed E-state index contributed by atoms with van der Waals surface area (Å²) in [5, 5.41) is 6.16. The molecule has 128 valence electrons. The molecule has 23 heavy (non-hydrogen) atoms. The monoisotopic (exact) mass is 340 g/mol. The van der Waals surface area contributed by atoms with Crippen molar-refractivity contribution in [2.75, 3.05) is 11.6 Å². The lowest BCUT2D eigenvalue weighted by atomic mass is 9.86. The highest BCUT2D eigenvalue weighted by atomic mass is 32.2. The molecule has 1 aliphatic rings. The zero-order chi connectivity index (χ0) is 17.3. The maximum Gasteiger partial charge on any atom is 0.407 e. The van der Waals surface area contributed by atoms with Gasteiger partial charge in [0.05, 0.1) is 4.90 Å². The van der Waals surface area contributed by atoms with Crippen LogP contribution in [0.4, 0.5) is 10.5 Å². The van der Waals surface area contributed by atoms with Crippen LogP contribution >= 0.6 is 0 Å². The van der Waals surface area contributed by atoms with Crippen molar-refractivity contribution in [2.24, 2.45) is 0 Å². The van der Waals surface area contributed by atoms with E-state index < -0.39 is 21.5 Å². The summed E-state index contributed by atoms with van der Waals surface area (Å²) < 4.78 is 28.0. The first-order chi connectivity index (χ1) is 10.5. The Bertz CT molecular complexity index is 656. The number of anilines is 1. The number of amides is 1. The smallest absolute Gasteiger partial charge is 0.407 e. The van der Waals surface area contributed by atoms with Crippen LogP contribution in [0.2, 0.25) is 0 Å². The first kappa shape index (κ1) is 17.6. The number of sulfone groups is 1. The fraction of sp³-hybridized carbons (Fsp3) is 0.562. The molecule has 1 saturated carbocycles. The Hall–Kier alpha value is -1.76. The molecule has 2 N–H and O–H groups in total. The van der Waals surface area contributed by atoms with Crippen molar-refractivity contribution in [2.45, 2.75) is 56.2 Å². The highest BCUT2D eigenvalue weighted by Crippen LogP contribution is 2.25. The van der Waals surface area contributed by atoms with E-state index >= 15 is 0 Å². The molecule has 1 aliphatic carbocycles. The van der Waals surface area contributed by atoms with Crippen LogP contribution in [-0.4, -0.2) is 38.5 Å². The van der Waals surface area contributed by atoms with E-state index in [2.05, 4.69) is 10.6 Å². The standard InChI is InChI=1S/C16H24N2O4S/c1-16(2,3)22-15(19)18-13-9-12(10-13)17-11-5-7-14(8-6-11)23(4,20)21/h5-8,12-13,17H,9-10H2,1-4H3,(H,18,19).